The van der Waals surface area contributed by atoms with Crippen LogP contribution in [0.25, 0.3) is 0 Å². The van der Waals surface area contributed by atoms with Gasteiger partial charge in [-0.1, -0.05) is 36.4 Å². The molecule has 0 heterocycles. The zero-order valence-corrected chi connectivity index (χ0v) is 10.2. The summed E-state index contributed by atoms with van der Waals surface area (Å²) in [5.74, 6) is 0. The fourth-order valence-electron chi connectivity index (χ4n) is 2.07. The smallest absolute Gasteiger partial charge is 0.169 e. The highest BCUT2D eigenvalue weighted by atomic mass is 19.4. The molecular weight excluding hydrogens is 270 g/mol. The Hall–Kier alpha value is -1.46. The summed E-state index contributed by atoms with van der Waals surface area (Å²) in [6.45, 7) is 2.00. The van der Waals surface area contributed by atoms with Crippen molar-refractivity contribution < 1.29 is 26.3 Å². The summed E-state index contributed by atoms with van der Waals surface area (Å²) in [5.41, 5.74) is -5.58. The fraction of sp³-hybridized carbons (Fsp3) is 0.385. The Labute approximate surface area is 106 Å². The molecule has 0 aliphatic carbocycles. The van der Waals surface area contributed by atoms with Crippen LogP contribution in [-0.4, -0.2) is 12.4 Å². The van der Waals surface area contributed by atoms with Crippen molar-refractivity contribution in [3.8, 4) is 0 Å². The third kappa shape index (κ3) is 2.35. The van der Waals surface area contributed by atoms with E-state index < -0.39 is 28.9 Å². The van der Waals surface area contributed by atoms with Gasteiger partial charge in [0.15, 0.2) is 0 Å². The minimum atomic E-state index is -5.47. The second kappa shape index (κ2) is 4.90. The Morgan fingerprint density at radius 1 is 0.895 bits per heavy atom. The molecule has 1 aromatic carbocycles. The SMILES string of the molecule is C/C=C(\C)C(c1ccccc1)(C(F)(F)F)C(F)(F)F. The van der Waals surface area contributed by atoms with E-state index in [0.29, 0.717) is 0 Å². The van der Waals surface area contributed by atoms with Crippen molar-refractivity contribution >= 4 is 0 Å². The monoisotopic (exact) mass is 282 g/mol. The standard InChI is InChI=1S/C13H12F6/c1-3-9(2)11(12(14,15)16,13(17,18)19)10-7-5-4-6-8-10/h3-8H,1-2H3/b9-3+. The topological polar surface area (TPSA) is 0 Å². The maximum absolute atomic E-state index is 13.2. The van der Waals surface area contributed by atoms with Gasteiger partial charge < -0.3 is 0 Å². The van der Waals surface area contributed by atoms with Gasteiger partial charge in [-0.15, -0.1) is 0 Å². The number of hydrogen-bond donors (Lipinski definition) is 0. The molecule has 0 amide bonds. The normalized spacial score (nSPS) is 14.6. The van der Waals surface area contributed by atoms with Gasteiger partial charge in [0.1, 0.15) is 0 Å². The molecule has 0 nitrogen and oxygen atoms in total. The van der Waals surface area contributed by atoms with Crippen LogP contribution >= 0.6 is 0 Å². The van der Waals surface area contributed by atoms with Gasteiger partial charge in [0.05, 0.1) is 0 Å². The Morgan fingerprint density at radius 3 is 1.63 bits per heavy atom. The number of alkyl halides is 6. The van der Waals surface area contributed by atoms with Gasteiger partial charge in [0.25, 0.3) is 0 Å². The Morgan fingerprint density at radius 2 is 1.32 bits per heavy atom. The Balaban J connectivity index is 3.75. The molecule has 0 N–H and O–H groups in total. The van der Waals surface area contributed by atoms with E-state index >= 15 is 0 Å². The Kier molecular flexibility index (Phi) is 4.03. The van der Waals surface area contributed by atoms with Gasteiger partial charge >= 0.3 is 12.4 Å². The molecule has 0 radical (unpaired) electrons. The summed E-state index contributed by atoms with van der Waals surface area (Å²) in [4.78, 5) is 0. The van der Waals surface area contributed by atoms with Crippen LogP contribution in [0.3, 0.4) is 0 Å². The van der Waals surface area contributed by atoms with Gasteiger partial charge in [-0.2, -0.15) is 26.3 Å². The molecule has 1 rings (SSSR count). The summed E-state index contributed by atoms with van der Waals surface area (Å²) in [5, 5.41) is 0. The molecule has 0 aromatic heterocycles. The molecular formula is C13H12F6. The van der Waals surface area contributed by atoms with Crippen LogP contribution in [0.5, 0.6) is 0 Å². The first-order chi connectivity index (χ1) is 8.59. The highest BCUT2D eigenvalue weighted by molar-refractivity contribution is 5.40. The lowest BCUT2D eigenvalue weighted by Gasteiger charge is -2.38. The highest BCUT2D eigenvalue weighted by Crippen LogP contribution is 2.56. The highest BCUT2D eigenvalue weighted by Gasteiger charge is 2.72. The Bertz CT molecular complexity index is 438. The zero-order chi connectivity index (χ0) is 14.9. The van der Waals surface area contributed by atoms with Crippen molar-refractivity contribution in [1.82, 2.24) is 0 Å². The van der Waals surface area contributed by atoms with E-state index in [-0.39, 0.29) is 0 Å². The molecule has 0 saturated heterocycles. The molecule has 106 valence electrons. The molecule has 0 fully saturated rings. The molecule has 6 heteroatoms. The summed E-state index contributed by atoms with van der Waals surface area (Å²) in [7, 11) is 0. The van der Waals surface area contributed by atoms with E-state index in [1.807, 2.05) is 0 Å². The van der Waals surface area contributed by atoms with E-state index in [0.717, 1.165) is 44.2 Å². The van der Waals surface area contributed by atoms with Crippen LogP contribution in [0.15, 0.2) is 42.0 Å². The van der Waals surface area contributed by atoms with Gasteiger partial charge in [-0.05, 0) is 25.0 Å². The van der Waals surface area contributed by atoms with Crippen LogP contribution in [-0.2, 0) is 5.41 Å². The van der Waals surface area contributed by atoms with Crippen molar-refractivity contribution in [3.05, 3.63) is 47.5 Å². The van der Waals surface area contributed by atoms with Crippen molar-refractivity contribution in [2.75, 3.05) is 0 Å². The lowest BCUT2D eigenvalue weighted by molar-refractivity contribution is -0.289. The predicted molar refractivity (Wildman–Crippen MR) is 59.7 cm³/mol. The number of hydrogen-bond acceptors (Lipinski definition) is 0. The fourth-order valence-corrected chi connectivity index (χ4v) is 2.07. The molecule has 0 saturated carbocycles. The van der Waals surface area contributed by atoms with E-state index in [1.165, 1.54) is 6.07 Å². The van der Waals surface area contributed by atoms with Crippen LogP contribution in [0.4, 0.5) is 26.3 Å². The van der Waals surface area contributed by atoms with Crippen molar-refractivity contribution in [2.24, 2.45) is 0 Å². The number of rotatable bonds is 2. The average Bonchev–Trinajstić information content (AvgIpc) is 2.27. The predicted octanol–water partition coefficient (Wildman–Crippen LogP) is 5.02. The van der Waals surface area contributed by atoms with Crippen molar-refractivity contribution in [3.63, 3.8) is 0 Å². The first-order valence-electron chi connectivity index (χ1n) is 5.41. The lowest BCUT2D eigenvalue weighted by Crippen LogP contribution is -2.54. The van der Waals surface area contributed by atoms with E-state index in [2.05, 4.69) is 0 Å². The molecule has 0 spiro atoms. The molecule has 0 aliphatic rings. The third-order valence-electron chi connectivity index (χ3n) is 3.08. The van der Waals surface area contributed by atoms with Crippen LogP contribution in [0.2, 0.25) is 0 Å². The summed E-state index contributed by atoms with van der Waals surface area (Å²) in [6.07, 6.45) is -10.1. The lowest BCUT2D eigenvalue weighted by atomic mass is 9.73. The maximum Gasteiger partial charge on any atom is 0.410 e. The second-order valence-electron chi connectivity index (χ2n) is 4.08. The van der Waals surface area contributed by atoms with Crippen LogP contribution in [0.1, 0.15) is 19.4 Å². The molecule has 0 bridgehead atoms. The summed E-state index contributed by atoms with van der Waals surface area (Å²) < 4.78 is 79.4. The van der Waals surface area contributed by atoms with Crippen molar-refractivity contribution in [2.45, 2.75) is 31.6 Å². The number of halogens is 6. The minimum absolute atomic E-state index is 0.793. The van der Waals surface area contributed by atoms with Gasteiger partial charge in [0.2, 0.25) is 5.41 Å². The largest absolute Gasteiger partial charge is 0.410 e. The average molecular weight is 282 g/mol. The van der Waals surface area contributed by atoms with Gasteiger partial charge in [-0.25, -0.2) is 0 Å². The molecule has 1 aromatic rings. The maximum atomic E-state index is 13.2. The molecule has 0 atom stereocenters. The van der Waals surface area contributed by atoms with Gasteiger partial charge in [-0.3, -0.25) is 0 Å². The number of allylic oxidation sites excluding steroid dienone is 2. The summed E-state index contributed by atoms with van der Waals surface area (Å²) in [6, 6.07) is 5.36. The van der Waals surface area contributed by atoms with E-state index in [1.54, 1.807) is 0 Å². The minimum Gasteiger partial charge on any atom is -0.169 e. The van der Waals surface area contributed by atoms with Crippen LogP contribution in [0, 0.1) is 0 Å². The first kappa shape index (κ1) is 15.6. The second-order valence-corrected chi connectivity index (χ2v) is 4.08. The molecule has 19 heavy (non-hydrogen) atoms. The zero-order valence-electron chi connectivity index (χ0n) is 10.2. The van der Waals surface area contributed by atoms with E-state index in [4.69, 9.17) is 0 Å². The van der Waals surface area contributed by atoms with E-state index in [9.17, 15) is 26.3 Å². The number of benzene rings is 1. The quantitative estimate of drug-likeness (QED) is 0.528. The van der Waals surface area contributed by atoms with Crippen molar-refractivity contribution in [1.29, 1.82) is 0 Å². The van der Waals surface area contributed by atoms with Crippen LogP contribution < -0.4 is 0 Å². The third-order valence-corrected chi connectivity index (χ3v) is 3.08. The summed E-state index contributed by atoms with van der Waals surface area (Å²) >= 11 is 0. The molecule has 0 aliphatic heterocycles. The first-order valence-corrected chi connectivity index (χ1v) is 5.41. The molecule has 0 unspecified atom stereocenters. The van der Waals surface area contributed by atoms with Gasteiger partial charge in [0, 0.05) is 0 Å².